The predicted molar refractivity (Wildman–Crippen MR) is 104 cm³/mol. The number of piperidine rings is 1. The zero-order valence-corrected chi connectivity index (χ0v) is 16.1. The average molecular weight is 381 g/mol. The third-order valence-corrected chi connectivity index (χ3v) is 6.68. The normalized spacial score (nSPS) is 23.0. The third kappa shape index (κ3) is 2.86. The van der Waals surface area contributed by atoms with E-state index in [1.165, 1.54) is 5.56 Å². The number of aromatic nitrogens is 2. The van der Waals surface area contributed by atoms with Crippen molar-refractivity contribution in [2.75, 3.05) is 19.7 Å². The summed E-state index contributed by atoms with van der Waals surface area (Å²) in [5.41, 5.74) is 1.75. The standard InChI is InChI=1S/C22H27N3O3/c26-20(21(27)9-4-5-10-21)24-13-11-22(12-14-24)19-17(8-15-28-22)16-25(23-19)18-6-2-1-3-7-18/h1-3,6-7,16,27H,4-5,8-15H2. The molecule has 1 saturated carbocycles. The van der Waals surface area contributed by atoms with Crippen LogP contribution in [-0.2, 0) is 21.6 Å². The molecule has 2 aromatic rings. The summed E-state index contributed by atoms with van der Waals surface area (Å²) < 4.78 is 8.23. The van der Waals surface area contributed by atoms with E-state index in [-0.39, 0.29) is 5.91 Å². The van der Waals surface area contributed by atoms with Crippen molar-refractivity contribution in [3.63, 3.8) is 0 Å². The number of benzene rings is 1. The molecule has 1 N–H and O–H groups in total. The zero-order valence-electron chi connectivity index (χ0n) is 16.1. The lowest BCUT2D eigenvalue weighted by atomic mass is 9.83. The molecule has 1 spiro atoms. The maximum absolute atomic E-state index is 12.8. The van der Waals surface area contributed by atoms with Crippen LogP contribution in [0.1, 0.15) is 49.8 Å². The largest absolute Gasteiger partial charge is 0.380 e. The van der Waals surface area contributed by atoms with Gasteiger partial charge in [0.05, 0.1) is 18.0 Å². The summed E-state index contributed by atoms with van der Waals surface area (Å²) in [6, 6.07) is 10.1. The Morgan fingerprint density at radius 3 is 2.50 bits per heavy atom. The molecule has 0 atom stereocenters. The minimum atomic E-state index is -1.14. The number of carbonyl (C=O) groups is 1. The van der Waals surface area contributed by atoms with Gasteiger partial charge >= 0.3 is 0 Å². The van der Waals surface area contributed by atoms with Gasteiger partial charge in [-0.05, 0) is 62.6 Å². The summed E-state index contributed by atoms with van der Waals surface area (Å²) >= 11 is 0. The number of fused-ring (bicyclic) bond motifs is 2. The molecule has 2 fully saturated rings. The number of rotatable bonds is 2. The molecule has 1 amide bonds. The Morgan fingerprint density at radius 1 is 1.07 bits per heavy atom. The number of ether oxygens (including phenoxy) is 1. The lowest BCUT2D eigenvalue weighted by Gasteiger charge is -2.44. The number of likely N-dealkylation sites (tertiary alicyclic amines) is 1. The number of carbonyl (C=O) groups excluding carboxylic acids is 1. The van der Waals surface area contributed by atoms with Crippen molar-refractivity contribution < 1.29 is 14.6 Å². The van der Waals surface area contributed by atoms with E-state index in [1.54, 1.807) is 0 Å². The highest BCUT2D eigenvalue weighted by Gasteiger charge is 2.47. The first kappa shape index (κ1) is 17.9. The van der Waals surface area contributed by atoms with Crippen LogP contribution in [0.4, 0.5) is 0 Å². The highest BCUT2D eigenvalue weighted by atomic mass is 16.5. The molecule has 1 aromatic carbocycles. The summed E-state index contributed by atoms with van der Waals surface area (Å²) in [4.78, 5) is 14.7. The van der Waals surface area contributed by atoms with Gasteiger partial charge in [-0.3, -0.25) is 4.79 Å². The van der Waals surface area contributed by atoms with Crippen LogP contribution in [-0.4, -0.2) is 51.0 Å². The number of hydrogen-bond donors (Lipinski definition) is 1. The van der Waals surface area contributed by atoms with Crippen molar-refractivity contribution in [1.29, 1.82) is 0 Å². The maximum Gasteiger partial charge on any atom is 0.254 e. The fraction of sp³-hybridized carbons (Fsp3) is 0.545. The van der Waals surface area contributed by atoms with Crippen LogP contribution < -0.4 is 0 Å². The number of hydrogen-bond acceptors (Lipinski definition) is 4. The summed E-state index contributed by atoms with van der Waals surface area (Å²) in [5.74, 6) is -0.0919. The number of nitrogens with zero attached hydrogens (tertiary/aromatic N) is 3. The fourth-order valence-electron chi connectivity index (χ4n) is 5.03. The molecule has 0 bridgehead atoms. The second kappa shape index (κ2) is 6.71. The molecule has 6 heteroatoms. The van der Waals surface area contributed by atoms with Crippen LogP contribution in [0.3, 0.4) is 0 Å². The molecule has 148 valence electrons. The Morgan fingerprint density at radius 2 is 1.79 bits per heavy atom. The van der Waals surface area contributed by atoms with E-state index >= 15 is 0 Å². The summed E-state index contributed by atoms with van der Waals surface area (Å²) in [6.45, 7) is 1.91. The van der Waals surface area contributed by atoms with Crippen LogP contribution in [0.2, 0.25) is 0 Å². The van der Waals surface area contributed by atoms with Gasteiger partial charge in [-0.1, -0.05) is 18.2 Å². The van der Waals surface area contributed by atoms with E-state index < -0.39 is 11.2 Å². The SMILES string of the molecule is O=C(N1CCC2(CC1)OCCc1cn(-c3ccccc3)nc12)C1(O)CCCC1. The van der Waals surface area contributed by atoms with Crippen molar-refractivity contribution in [3.8, 4) is 5.69 Å². The third-order valence-electron chi connectivity index (χ3n) is 6.68. The monoisotopic (exact) mass is 381 g/mol. The second-order valence-electron chi connectivity index (χ2n) is 8.41. The Kier molecular flexibility index (Phi) is 4.29. The minimum absolute atomic E-state index is 0.0919. The van der Waals surface area contributed by atoms with Gasteiger partial charge < -0.3 is 14.7 Å². The molecule has 0 radical (unpaired) electrons. The van der Waals surface area contributed by atoms with Crippen LogP contribution in [0, 0.1) is 0 Å². The quantitative estimate of drug-likeness (QED) is 0.868. The van der Waals surface area contributed by atoms with Crippen molar-refractivity contribution in [1.82, 2.24) is 14.7 Å². The lowest BCUT2D eigenvalue weighted by Crippen LogP contribution is -2.54. The van der Waals surface area contributed by atoms with Crippen LogP contribution >= 0.6 is 0 Å². The number of amides is 1. The molecule has 6 nitrogen and oxygen atoms in total. The summed E-state index contributed by atoms with van der Waals surface area (Å²) in [6.07, 6.45) is 7.50. The first-order valence-corrected chi connectivity index (χ1v) is 10.4. The van der Waals surface area contributed by atoms with Gasteiger partial charge in [-0.2, -0.15) is 5.10 Å². The first-order chi connectivity index (χ1) is 13.6. The molecule has 28 heavy (non-hydrogen) atoms. The van der Waals surface area contributed by atoms with E-state index in [1.807, 2.05) is 27.8 Å². The van der Waals surface area contributed by atoms with Crippen molar-refractivity contribution in [2.24, 2.45) is 0 Å². The Hall–Kier alpha value is -2.18. The summed E-state index contributed by atoms with van der Waals surface area (Å²) in [5, 5.41) is 15.6. The Bertz CT molecular complexity index is 862. The van der Waals surface area contributed by atoms with Gasteiger partial charge in [0, 0.05) is 19.3 Å². The van der Waals surface area contributed by atoms with E-state index in [9.17, 15) is 9.90 Å². The zero-order chi connectivity index (χ0) is 19.2. The molecule has 1 aliphatic carbocycles. The van der Waals surface area contributed by atoms with Crippen molar-refractivity contribution in [2.45, 2.75) is 56.1 Å². The van der Waals surface area contributed by atoms with Crippen LogP contribution in [0.15, 0.2) is 36.5 Å². The predicted octanol–water partition coefficient (Wildman–Crippen LogP) is 2.57. The number of para-hydroxylation sites is 1. The molecule has 2 aliphatic heterocycles. The molecular weight excluding hydrogens is 354 g/mol. The topological polar surface area (TPSA) is 67.6 Å². The summed E-state index contributed by atoms with van der Waals surface area (Å²) in [7, 11) is 0. The second-order valence-corrected chi connectivity index (χ2v) is 8.41. The molecule has 3 aliphatic rings. The highest BCUT2D eigenvalue weighted by molar-refractivity contribution is 5.85. The van der Waals surface area contributed by atoms with Gasteiger partial charge in [0.1, 0.15) is 11.2 Å². The van der Waals surface area contributed by atoms with Gasteiger partial charge in [0.15, 0.2) is 0 Å². The Labute approximate surface area is 165 Å². The van der Waals surface area contributed by atoms with Crippen molar-refractivity contribution in [3.05, 3.63) is 47.8 Å². The van der Waals surface area contributed by atoms with E-state index in [2.05, 4.69) is 18.3 Å². The maximum atomic E-state index is 12.8. The minimum Gasteiger partial charge on any atom is -0.380 e. The van der Waals surface area contributed by atoms with Crippen LogP contribution in [0.5, 0.6) is 0 Å². The lowest BCUT2D eigenvalue weighted by molar-refractivity contribution is -0.158. The average Bonchev–Trinajstić information content (AvgIpc) is 3.37. The molecular formula is C22H27N3O3. The fourth-order valence-corrected chi connectivity index (χ4v) is 5.03. The molecule has 5 rings (SSSR count). The molecule has 1 saturated heterocycles. The molecule has 1 aromatic heterocycles. The number of aliphatic hydroxyl groups is 1. The van der Waals surface area contributed by atoms with Gasteiger partial charge in [0.25, 0.3) is 5.91 Å². The van der Waals surface area contributed by atoms with E-state index in [0.29, 0.717) is 32.5 Å². The van der Waals surface area contributed by atoms with E-state index in [0.717, 1.165) is 43.5 Å². The van der Waals surface area contributed by atoms with Crippen LogP contribution in [0.25, 0.3) is 5.69 Å². The van der Waals surface area contributed by atoms with Gasteiger partial charge in [0.2, 0.25) is 0 Å². The first-order valence-electron chi connectivity index (χ1n) is 10.4. The van der Waals surface area contributed by atoms with Crippen molar-refractivity contribution >= 4 is 5.91 Å². The van der Waals surface area contributed by atoms with E-state index in [4.69, 9.17) is 9.84 Å². The Balaban J connectivity index is 1.37. The molecule has 3 heterocycles. The smallest absolute Gasteiger partial charge is 0.254 e. The van der Waals surface area contributed by atoms with Gasteiger partial charge in [-0.15, -0.1) is 0 Å². The highest BCUT2D eigenvalue weighted by Crippen LogP contribution is 2.42. The molecule has 0 unspecified atom stereocenters. The van der Waals surface area contributed by atoms with Gasteiger partial charge in [-0.25, -0.2) is 4.68 Å².